The Kier molecular flexibility index (Phi) is 4.26. The Morgan fingerprint density at radius 1 is 1.22 bits per heavy atom. The Balaban J connectivity index is 2.02. The van der Waals surface area contributed by atoms with Crippen molar-refractivity contribution >= 4 is 11.8 Å². The maximum absolute atomic E-state index is 5.55. The lowest BCUT2D eigenvalue weighted by atomic mass is 10.5. The highest BCUT2D eigenvalue weighted by Gasteiger charge is 2.11. The van der Waals surface area contributed by atoms with E-state index in [1.54, 1.807) is 11.8 Å². The lowest BCUT2D eigenvalue weighted by molar-refractivity contribution is 0.564. The summed E-state index contributed by atoms with van der Waals surface area (Å²) in [6.45, 7) is 3.31. The van der Waals surface area contributed by atoms with Crippen LogP contribution in [-0.2, 0) is 25.9 Å². The van der Waals surface area contributed by atoms with Crippen molar-refractivity contribution in [2.75, 3.05) is 0 Å². The number of aryl methyl sites for hydroxylation is 1. The standard InChI is InChI=1S/C9H16N8S/c1-3-4-17-8(12-14-15-17)6-18-9-13-11-7(5-10)16(9)2/h3-6,10H2,1-2H3. The van der Waals surface area contributed by atoms with Crippen LogP contribution in [0.4, 0.5) is 0 Å². The highest BCUT2D eigenvalue weighted by molar-refractivity contribution is 7.98. The minimum absolute atomic E-state index is 0.387. The van der Waals surface area contributed by atoms with Crippen LogP contribution in [-0.4, -0.2) is 35.0 Å². The van der Waals surface area contributed by atoms with Crippen molar-refractivity contribution in [3.05, 3.63) is 11.6 Å². The first-order chi connectivity index (χ1) is 8.76. The molecule has 9 heteroatoms. The minimum Gasteiger partial charge on any atom is -0.324 e. The van der Waals surface area contributed by atoms with Crippen LogP contribution in [0.5, 0.6) is 0 Å². The number of thioether (sulfide) groups is 1. The van der Waals surface area contributed by atoms with E-state index in [1.807, 2.05) is 16.3 Å². The summed E-state index contributed by atoms with van der Waals surface area (Å²) in [7, 11) is 1.90. The molecule has 0 aliphatic heterocycles. The summed E-state index contributed by atoms with van der Waals surface area (Å²) in [4.78, 5) is 0. The SMILES string of the molecule is CCCn1nnnc1CSc1nnc(CN)n1C. The monoisotopic (exact) mass is 268 g/mol. The predicted octanol–water partition coefficient (Wildman–Crippen LogP) is -0.0374. The maximum atomic E-state index is 5.55. The molecule has 0 bridgehead atoms. The Labute approximate surface area is 109 Å². The molecule has 0 radical (unpaired) electrons. The summed E-state index contributed by atoms with van der Waals surface area (Å²) >= 11 is 1.55. The van der Waals surface area contributed by atoms with Crippen LogP contribution in [0, 0.1) is 0 Å². The Morgan fingerprint density at radius 3 is 2.72 bits per heavy atom. The van der Waals surface area contributed by atoms with E-state index in [2.05, 4.69) is 32.6 Å². The van der Waals surface area contributed by atoms with Crippen molar-refractivity contribution in [2.24, 2.45) is 12.8 Å². The van der Waals surface area contributed by atoms with E-state index >= 15 is 0 Å². The van der Waals surface area contributed by atoms with Gasteiger partial charge < -0.3 is 10.3 Å². The molecule has 2 N–H and O–H groups in total. The molecule has 0 amide bonds. The fourth-order valence-electron chi connectivity index (χ4n) is 1.49. The highest BCUT2D eigenvalue weighted by Crippen LogP contribution is 2.19. The fourth-order valence-corrected chi connectivity index (χ4v) is 2.35. The number of hydrogen-bond donors (Lipinski definition) is 1. The van der Waals surface area contributed by atoms with Gasteiger partial charge in [-0.1, -0.05) is 18.7 Å². The van der Waals surface area contributed by atoms with Crippen molar-refractivity contribution in [1.29, 1.82) is 0 Å². The first kappa shape index (κ1) is 13.0. The van der Waals surface area contributed by atoms with Crippen molar-refractivity contribution < 1.29 is 0 Å². The van der Waals surface area contributed by atoms with Crippen LogP contribution in [0.3, 0.4) is 0 Å². The van der Waals surface area contributed by atoms with Gasteiger partial charge in [0.05, 0.1) is 12.3 Å². The van der Waals surface area contributed by atoms with Crippen LogP contribution in [0.15, 0.2) is 5.16 Å². The van der Waals surface area contributed by atoms with E-state index in [0.29, 0.717) is 12.3 Å². The van der Waals surface area contributed by atoms with E-state index in [-0.39, 0.29) is 0 Å². The van der Waals surface area contributed by atoms with Crippen molar-refractivity contribution in [1.82, 2.24) is 35.0 Å². The molecule has 98 valence electrons. The topological polar surface area (TPSA) is 100 Å². The Hall–Kier alpha value is -1.48. The number of tetrazole rings is 1. The van der Waals surface area contributed by atoms with Gasteiger partial charge >= 0.3 is 0 Å². The summed E-state index contributed by atoms with van der Waals surface area (Å²) in [6.07, 6.45) is 1.00. The maximum Gasteiger partial charge on any atom is 0.191 e. The van der Waals surface area contributed by atoms with Crippen LogP contribution in [0.25, 0.3) is 0 Å². The van der Waals surface area contributed by atoms with Gasteiger partial charge in [0.25, 0.3) is 0 Å². The summed E-state index contributed by atoms with van der Waals surface area (Å²) in [6, 6.07) is 0. The largest absolute Gasteiger partial charge is 0.324 e. The van der Waals surface area contributed by atoms with E-state index in [1.165, 1.54) is 0 Å². The molecule has 0 aliphatic carbocycles. The smallest absolute Gasteiger partial charge is 0.191 e. The van der Waals surface area contributed by atoms with Gasteiger partial charge in [0.1, 0.15) is 5.82 Å². The molecule has 2 heterocycles. The molecule has 2 aromatic rings. The summed E-state index contributed by atoms with van der Waals surface area (Å²) in [5, 5.41) is 20.5. The predicted molar refractivity (Wildman–Crippen MR) is 66.6 cm³/mol. The zero-order chi connectivity index (χ0) is 13.0. The van der Waals surface area contributed by atoms with E-state index < -0.39 is 0 Å². The third-order valence-electron chi connectivity index (χ3n) is 2.48. The first-order valence-corrected chi connectivity index (χ1v) is 6.71. The molecule has 0 atom stereocenters. The second-order valence-electron chi connectivity index (χ2n) is 3.77. The molecule has 0 aromatic carbocycles. The number of rotatable bonds is 6. The average Bonchev–Trinajstić information content (AvgIpc) is 2.94. The minimum atomic E-state index is 0.387. The Bertz CT molecular complexity index is 504. The normalized spacial score (nSPS) is 11.1. The van der Waals surface area contributed by atoms with Crippen LogP contribution >= 0.6 is 11.8 Å². The molecule has 0 saturated heterocycles. The van der Waals surface area contributed by atoms with Gasteiger partial charge in [0.2, 0.25) is 0 Å². The molecule has 0 spiro atoms. The zero-order valence-corrected chi connectivity index (χ0v) is 11.3. The molecular weight excluding hydrogens is 252 g/mol. The number of hydrogen-bond acceptors (Lipinski definition) is 7. The molecule has 0 saturated carbocycles. The lowest BCUT2D eigenvalue weighted by Crippen LogP contribution is -2.06. The van der Waals surface area contributed by atoms with Crippen molar-refractivity contribution in [2.45, 2.75) is 37.3 Å². The average molecular weight is 268 g/mol. The van der Waals surface area contributed by atoms with E-state index in [4.69, 9.17) is 5.73 Å². The van der Waals surface area contributed by atoms with Crippen LogP contribution in [0.1, 0.15) is 25.0 Å². The molecule has 0 aliphatic rings. The third kappa shape index (κ3) is 2.67. The molecule has 2 rings (SSSR count). The Morgan fingerprint density at radius 2 is 2.06 bits per heavy atom. The van der Waals surface area contributed by atoms with Crippen molar-refractivity contribution in [3.63, 3.8) is 0 Å². The van der Waals surface area contributed by atoms with E-state index in [0.717, 1.165) is 29.8 Å². The molecule has 18 heavy (non-hydrogen) atoms. The molecule has 2 aromatic heterocycles. The van der Waals surface area contributed by atoms with Gasteiger partial charge in [-0.2, -0.15) is 0 Å². The van der Waals surface area contributed by atoms with Crippen LogP contribution < -0.4 is 5.73 Å². The summed E-state index contributed by atoms with van der Waals surface area (Å²) in [5.41, 5.74) is 5.55. The highest BCUT2D eigenvalue weighted by atomic mass is 32.2. The van der Waals surface area contributed by atoms with Crippen molar-refractivity contribution in [3.8, 4) is 0 Å². The lowest BCUT2D eigenvalue weighted by Gasteiger charge is -2.03. The van der Waals surface area contributed by atoms with Gasteiger partial charge in [-0.15, -0.1) is 15.3 Å². The number of nitrogens with two attached hydrogens (primary N) is 1. The van der Waals surface area contributed by atoms with E-state index in [9.17, 15) is 0 Å². The molecule has 0 unspecified atom stereocenters. The van der Waals surface area contributed by atoms with Crippen LogP contribution in [0.2, 0.25) is 0 Å². The number of aromatic nitrogens is 7. The second kappa shape index (κ2) is 5.91. The number of nitrogens with zero attached hydrogens (tertiary/aromatic N) is 7. The first-order valence-electron chi connectivity index (χ1n) is 5.72. The molecule has 8 nitrogen and oxygen atoms in total. The quantitative estimate of drug-likeness (QED) is 0.734. The molecular formula is C9H16N8S. The summed E-state index contributed by atoms with van der Waals surface area (Å²) in [5.74, 6) is 2.29. The fraction of sp³-hybridized carbons (Fsp3) is 0.667. The zero-order valence-electron chi connectivity index (χ0n) is 10.4. The third-order valence-corrected chi connectivity index (χ3v) is 3.50. The van der Waals surface area contributed by atoms with Gasteiger partial charge in [0, 0.05) is 13.6 Å². The second-order valence-corrected chi connectivity index (χ2v) is 4.71. The van der Waals surface area contributed by atoms with Gasteiger partial charge in [-0.3, -0.25) is 0 Å². The van der Waals surface area contributed by atoms with Gasteiger partial charge in [-0.25, -0.2) is 4.68 Å². The van der Waals surface area contributed by atoms with Gasteiger partial charge in [-0.05, 0) is 16.8 Å². The summed E-state index contributed by atoms with van der Waals surface area (Å²) < 4.78 is 3.70. The molecule has 0 fully saturated rings. The van der Waals surface area contributed by atoms with Gasteiger partial charge in [0.15, 0.2) is 11.0 Å².